The van der Waals surface area contributed by atoms with Crippen LogP contribution in [0.1, 0.15) is 72.1 Å². The first-order valence-electron chi connectivity index (χ1n) is 6.19. The maximum absolute atomic E-state index is 2.50. The van der Waals surface area contributed by atoms with E-state index in [2.05, 4.69) is 20.8 Å². The van der Waals surface area contributed by atoms with Gasteiger partial charge in [0.2, 0.25) is 0 Å². The van der Waals surface area contributed by atoms with Gasteiger partial charge in [-0.2, -0.15) is 0 Å². The summed E-state index contributed by atoms with van der Waals surface area (Å²) in [5, 5.41) is 0. The van der Waals surface area contributed by atoms with E-state index in [1.54, 1.807) is 0 Å². The van der Waals surface area contributed by atoms with Crippen LogP contribution < -0.4 is 0 Å². The first-order chi connectivity index (χ1) is 6.19. The third-order valence-electron chi connectivity index (χ3n) is 4.38. The lowest BCUT2D eigenvalue weighted by Crippen LogP contribution is -2.24. The molecule has 0 spiro atoms. The molecular formula is C13H26. The van der Waals surface area contributed by atoms with Crippen LogP contribution in [0.3, 0.4) is 0 Å². The molecule has 0 radical (unpaired) electrons. The lowest BCUT2D eigenvalue weighted by Gasteiger charge is -2.34. The van der Waals surface area contributed by atoms with E-state index in [1.807, 2.05) is 0 Å². The van der Waals surface area contributed by atoms with Gasteiger partial charge in [0.05, 0.1) is 0 Å². The van der Waals surface area contributed by atoms with Gasteiger partial charge in [-0.3, -0.25) is 0 Å². The molecule has 0 heteroatoms. The lowest BCUT2D eigenvalue weighted by atomic mass is 9.71. The molecule has 0 nitrogen and oxygen atoms in total. The van der Waals surface area contributed by atoms with Crippen molar-refractivity contribution in [3.63, 3.8) is 0 Å². The van der Waals surface area contributed by atoms with Gasteiger partial charge in [-0.05, 0) is 17.8 Å². The van der Waals surface area contributed by atoms with E-state index >= 15 is 0 Å². The number of hydrogen-bond donors (Lipinski definition) is 0. The van der Waals surface area contributed by atoms with Crippen molar-refractivity contribution < 1.29 is 0 Å². The van der Waals surface area contributed by atoms with Crippen molar-refractivity contribution >= 4 is 0 Å². The zero-order valence-electron chi connectivity index (χ0n) is 9.73. The fraction of sp³-hybridized carbons (Fsp3) is 1.00. The van der Waals surface area contributed by atoms with Crippen LogP contribution in [0.25, 0.3) is 0 Å². The van der Waals surface area contributed by atoms with Gasteiger partial charge in [0.15, 0.2) is 0 Å². The van der Waals surface area contributed by atoms with Crippen LogP contribution in [0.5, 0.6) is 0 Å². The fourth-order valence-electron chi connectivity index (χ4n) is 2.63. The lowest BCUT2D eigenvalue weighted by molar-refractivity contribution is 0.163. The molecule has 1 saturated carbocycles. The minimum absolute atomic E-state index is 0.643. The monoisotopic (exact) mass is 182 g/mol. The zero-order chi connectivity index (χ0) is 9.73. The summed E-state index contributed by atoms with van der Waals surface area (Å²) < 4.78 is 0. The molecule has 1 aliphatic carbocycles. The summed E-state index contributed by atoms with van der Waals surface area (Å²) in [6.45, 7) is 7.34. The predicted octanol–water partition coefficient (Wildman–Crippen LogP) is 4.78. The summed E-state index contributed by atoms with van der Waals surface area (Å²) >= 11 is 0. The van der Waals surface area contributed by atoms with Crippen molar-refractivity contribution in [1.82, 2.24) is 0 Å². The molecule has 0 heterocycles. The Morgan fingerprint density at radius 2 is 1.69 bits per heavy atom. The Labute approximate surface area is 84.1 Å². The van der Waals surface area contributed by atoms with Gasteiger partial charge < -0.3 is 0 Å². The van der Waals surface area contributed by atoms with Gasteiger partial charge >= 0.3 is 0 Å². The van der Waals surface area contributed by atoms with E-state index in [-0.39, 0.29) is 0 Å². The minimum Gasteiger partial charge on any atom is -0.0649 e. The SMILES string of the molecule is CCC1(C)CCCCCCCC1C. The average Bonchev–Trinajstić information content (AvgIpc) is 2.21. The molecule has 13 heavy (non-hydrogen) atoms. The molecule has 0 saturated heterocycles. The molecule has 0 aromatic heterocycles. The quantitative estimate of drug-likeness (QED) is 0.547. The summed E-state index contributed by atoms with van der Waals surface area (Å²) in [6.07, 6.45) is 11.7. The number of hydrogen-bond acceptors (Lipinski definition) is 0. The van der Waals surface area contributed by atoms with Crippen molar-refractivity contribution in [2.75, 3.05) is 0 Å². The Morgan fingerprint density at radius 1 is 1.08 bits per heavy atom. The van der Waals surface area contributed by atoms with Crippen LogP contribution in [-0.4, -0.2) is 0 Å². The van der Waals surface area contributed by atoms with E-state index in [4.69, 9.17) is 0 Å². The van der Waals surface area contributed by atoms with E-state index in [9.17, 15) is 0 Å². The van der Waals surface area contributed by atoms with Gasteiger partial charge in [0.25, 0.3) is 0 Å². The van der Waals surface area contributed by atoms with Gasteiger partial charge in [-0.25, -0.2) is 0 Å². The largest absolute Gasteiger partial charge is 0.0649 e. The first-order valence-corrected chi connectivity index (χ1v) is 6.19. The molecule has 0 aromatic rings. The van der Waals surface area contributed by atoms with Crippen molar-refractivity contribution in [3.05, 3.63) is 0 Å². The Hall–Kier alpha value is 0. The van der Waals surface area contributed by atoms with E-state index < -0.39 is 0 Å². The smallest absolute Gasteiger partial charge is 0.0303 e. The highest BCUT2D eigenvalue weighted by atomic mass is 14.3. The molecule has 0 aliphatic heterocycles. The molecule has 0 N–H and O–H groups in total. The summed E-state index contributed by atoms with van der Waals surface area (Å²) in [5.41, 5.74) is 0.643. The van der Waals surface area contributed by atoms with E-state index in [0.29, 0.717) is 5.41 Å². The normalized spacial score (nSPS) is 37.6. The van der Waals surface area contributed by atoms with Crippen LogP contribution in [0.15, 0.2) is 0 Å². The maximum atomic E-state index is 2.50. The summed E-state index contributed by atoms with van der Waals surface area (Å²) in [5.74, 6) is 0.940. The van der Waals surface area contributed by atoms with E-state index in [1.165, 1.54) is 51.4 Å². The highest BCUT2D eigenvalue weighted by Crippen LogP contribution is 2.40. The molecule has 2 unspecified atom stereocenters. The predicted molar refractivity (Wildman–Crippen MR) is 59.9 cm³/mol. The van der Waals surface area contributed by atoms with Gasteiger partial charge in [0, 0.05) is 0 Å². The second-order valence-corrected chi connectivity index (χ2v) is 5.22. The van der Waals surface area contributed by atoms with Crippen LogP contribution >= 0.6 is 0 Å². The van der Waals surface area contributed by atoms with Crippen LogP contribution in [0, 0.1) is 11.3 Å². The molecule has 1 aliphatic rings. The van der Waals surface area contributed by atoms with Crippen LogP contribution in [0.2, 0.25) is 0 Å². The van der Waals surface area contributed by atoms with Crippen molar-refractivity contribution in [3.8, 4) is 0 Å². The Balaban J connectivity index is 2.55. The Kier molecular flexibility index (Phi) is 4.28. The van der Waals surface area contributed by atoms with Gasteiger partial charge in [-0.1, -0.05) is 65.7 Å². The zero-order valence-corrected chi connectivity index (χ0v) is 9.73. The molecule has 0 amide bonds. The maximum Gasteiger partial charge on any atom is -0.0303 e. The van der Waals surface area contributed by atoms with Crippen LogP contribution in [-0.2, 0) is 0 Å². The average molecular weight is 182 g/mol. The van der Waals surface area contributed by atoms with Crippen molar-refractivity contribution in [1.29, 1.82) is 0 Å². The second kappa shape index (κ2) is 5.02. The van der Waals surface area contributed by atoms with Crippen LogP contribution in [0.4, 0.5) is 0 Å². The summed E-state index contributed by atoms with van der Waals surface area (Å²) in [7, 11) is 0. The summed E-state index contributed by atoms with van der Waals surface area (Å²) in [6, 6.07) is 0. The fourth-order valence-corrected chi connectivity index (χ4v) is 2.63. The number of rotatable bonds is 1. The summed E-state index contributed by atoms with van der Waals surface area (Å²) in [4.78, 5) is 0. The van der Waals surface area contributed by atoms with Gasteiger partial charge in [0.1, 0.15) is 0 Å². The minimum atomic E-state index is 0.643. The van der Waals surface area contributed by atoms with Crippen molar-refractivity contribution in [2.45, 2.75) is 72.1 Å². The second-order valence-electron chi connectivity index (χ2n) is 5.22. The molecule has 1 rings (SSSR count). The Bertz CT molecular complexity index is 139. The molecule has 0 aromatic carbocycles. The van der Waals surface area contributed by atoms with Crippen molar-refractivity contribution in [2.24, 2.45) is 11.3 Å². The third-order valence-corrected chi connectivity index (χ3v) is 4.38. The topological polar surface area (TPSA) is 0 Å². The highest BCUT2D eigenvalue weighted by Gasteiger charge is 2.28. The van der Waals surface area contributed by atoms with Gasteiger partial charge in [-0.15, -0.1) is 0 Å². The molecular weight excluding hydrogens is 156 g/mol. The Morgan fingerprint density at radius 3 is 2.38 bits per heavy atom. The highest BCUT2D eigenvalue weighted by molar-refractivity contribution is 4.79. The molecule has 78 valence electrons. The molecule has 0 bridgehead atoms. The first kappa shape index (κ1) is 11.1. The standard InChI is InChI=1S/C13H26/c1-4-13(3)11-9-7-5-6-8-10-12(13)2/h12H,4-11H2,1-3H3. The molecule has 2 atom stereocenters. The molecule has 1 fully saturated rings. The third kappa shape index (κ3) is 3.00. The van der Waals surface area contributed by atoms with E-state index in [0.717, 1.165) is 5.92 Å².